The van der Waals surface area contributed by atoms with E-state index in [1.807, 2.05) is 30.3 Å². The Kier molecular flexibility index (Phi) is 4.59. The molecule has 3 aliphatic heterocycles. The Morgan fingerprint density at radius 1 is 1.13 bits per heavy atom. The van der Waals surface area contributed by atoms with Crippen molar-refractivity contribution in [3.63, 3.8) is 0 Å². The number of carbonyl (C=O) groups excluding carboxylic acids is 2. The normalized spacial score (nSPS) is 18.3. The molecule has 30 heavy (non-hydrogen) atoms. The molecule has 3 aliphatic rings. The molecule has 0 saturated carbocycles. The van der Waals surface area contributed by atoms with Gasteiger partial charge in [0.05, 0.1) is 44.4 Å². The van der Waals surface area contributed by atoms with E-state index in [4.69, 9.17) is 9.47 Å². The number of hydrogen-bond acceptors (Lipinski definition) is 6. The average molecular weight is 407 g/mol. The Hall–Kier alpha value is -3.46. The summed E-state index contributed by atoms with van der Waals surface area (Å²) in [6.45, 7) is 3.12. The number of methoxy groups -OCH3 is 1. The number of ether oxygens (including phenoxy) is 2. The Labute approximate surface area is 173 Å². The number of pyridine rings is 1. The molecule has 9 heteroatoms. The molecular formula is C21H21N5O4. The molecule has 0 N–H and O–H groups in total. The molecule has 0 bridgehead atoms. The molecule has 2 aromatic rings. The van der Waals surface area contributed by atoms with Gasteiger partial charge in [0.2, 0.25) is 0 Å². The molecule has 4 heterocycles. The molecule has 0 aliphatic carbocycles. The fourth-order valence-electron chi connectivity index (χ4n) is 3.89. The number of carbonyl (C=O) groups is 2. The molecule has 1 saturated heterocycles. The van der Waals surface area contributed by atoms with Crippen molar-refractivity contribution in [2.75, 3.05) is 49.8 Å². The Morgan fingerprint density at radius 3 is 2.63 bits per heavy atom. The number of fused-ring (bicyclic) bond motifs is 3. The summed E-state index contributed by atoms with van der Waals surface area (Å²) < 4.78 is 10.7. The minimum atomic E-state index is -0.338. The molecule has 1 fully saturated rings. The monoisotopic (exact) mass is 407 g/mol. The summed E-state index contributed by atoms with van der Waals surface area (Å²) in [5.74, 6) is 0.745. The maximum atomic E-state index is 13.3. The van der Waals surface area contributed by atoms with E-state index in [0.717, 1.165) is 30.1 Å². The van der Waals surface area contributed by atoms with Gasteiger partial charge in [-0.3, -0.25) is 14.6 Å². The topological polar surface area (TPSA) is 87.6 Å². The van der Waals surface area contributed by atoms with Gasteiger partial charge in [-0.05, 0) is 23.8 Å². The highest BCUT2D eigenvalue weighted by molar-refractivity contribution is 6.24. The van der Waals surface area contributed by atoms with Crippen molar-refractivity contribution in [3.05, 3.63) is 47.8 Å². The van der Waals surface area contributed by atoms with Gasteiger partial charge in [-0.2, -0.15) is 4.99 Å². The maximum Gasteiger partial charge on any atom is 0.331 e. The molecule has 5 rings (SSSR count). The highest BCUT2D eigenvalue weighted by atomic mass is 16.5. The van der Waals surface area contributed by atoms with E-state index < -0.39 is 0 Å². The van der Waals surface area contributed by atoms with Gasteiger partial charge >= 0.3 is 6.03 Å². The smallest absolute Gasteiger partial charge is 0.331 e. The molecule has 3 amide bonds. The zero-order valence-corrected chi connectivity index (χ0v) is 16.6. The maximum absolute atomic E-state index is 13.3. The van der Waals surface area contributed by atoms with E-state index >= 15 is 0 Å². The number of aromatic nitrogens is 1. The second kappa shape index (κ2) is 7.42. The first-order chi connectivity index (χ1) is 14.6. The summed E-state index contributed by atoms with van der Waals surface area (Å²) in [5, 5.41) is 0. The summed E-state index contributed by atoms with van der Waals surface area (Å²) in [6, 6.07) is 9.24. The first-order valence-corrected chi connectivity index (χ1v) is 9.80. The van der Waals surface area contributed by atoms with Crippen LogP contribution in [-0.2, 0) is 16.1 Å². The fourth-order valence-corrected chi connectivity index (χ4v) is 3.89. The summed E-state index contributed by atoms with van der Waals surface area (Å²) in [7, 11) is 1.61. The van der Waals surface area contributed by atoms with Crippen LogP contribution >= 0.6 is 0 Å². The largest absolute Gasteiger partial charge is 0.497 e. The van der Waals surface area contributed by atoms with Crippen molar-refractivity contribution < 1.29 is 19.1 Å². The van der Waals surface area contributed by atoms with Crippen LogP contribution in [-0.4, -0.2) is 67.6 Å². The molecule has 0 atom stereocenters. The number of nitrogens with zero attached hydrogens (tertiary/aromatic N) is 5. The molecule has 0 radical (unpaired) electrons. The standard InChI is InChI=1S/C21H21N5O4/c1-29-16-4-2-14(3-5-16)12-25-17-10-15(24-6-8-30-9-7-24)11-22-19(17)20-23-18(27)13-26(20)21(25)28/h2-5,10-11H,6-9,12-13H2,1H3. The second-order valence-corrected chi connectivity index (χ2v) is 7.29. The van der Waals surface area contributed by atoms with Gasteiger partial charge in [-0.25, -0.2) is 9.78 Å². The lowest BCUT2D eigenvalue weighted by molar-refractivity contribution is -0.116. The van der Waals surface area contributed by atoms with Gasteiger partial charge < -0.3 is 14.4 Å². The van der Waals surface area contributed by atoms with Crippen LogP contribution < -0.4 is 14.5 Å². The van der Waals surface area contributed by atoms with E-state index in [-0.39, 0.29) is 18.5 Å². The third-order valence-electron chi connectivity index (χ3n) is 5.47. The lowest BCUT2D eigenvalue weighted by atomic mass is 10.1. The molecule has 1 aromatic heterocycles. The summed E-state index contributed by atoms with van der Waals surface area (Å²) in [6.07, 6.45) is 1.77. The number of urea groups is 1. The van der Waals surface area contributed by atoms with Gasteiger partial charge in [-0.1, -0.05) is 12.1 Å². The number of amidine groups is 1. The summed E-state index contributed by atoms with van der Waals surface area (Å²) in [5.41, 5.74) is 3.07. The van der Waals surface area contributed by atoms with E-state index in [2.05, 4.69) is 14.9 Å². The number of rotatable bonds is 4. The minimum absolute atomic E-state index is 0.0559. The van der Waals surface area contributed by atoms with Gasteiger partial charge in [0.25, 0.3) is 5.91 Å². The molecular weight excluding hydrogens is 386 g/mol. The number of anilines is 2. The molecule has 0 unspecified atom stereocenters. The van der Waals surface area contributed by atoms with Crippen molar-refractivity contribution in [1.82, 2.24) is 9.88 Å². The minimum Gasteiger partial charge on any atom is -0.497 e. The van der Waals surface area contributed by atoms with Crippen LogP contribution in [0.2, 0.25) is 0 Å². The van der Waals surface area contributed by atoms with E-state index in [1.165, 1.54) is 4.90 Å². The first kappa shape index (κ1) is 18.6. The van der Waals surface area contributed by atoms with Crippen molar-refractivity contribution in [3.8, 4) is 5.75 Å². The van der Waals surface area contributed by atoms with E-state index in [9.17, 15) is 9.59 Å². The number of morpholine rings is 1. The second-order valence-electron chi connectivity index (χ2n) is 7.29. The zero-order chi connectivity index (χ0) is 20.7. The van der Waals surface area contributed by atoms with Crippen LogP contribution in [0.5, 0.6) is 5.75 Å². The Balaban J connectivity index is 1.55. The van der Waals surface area contributed by atoms with Crippen LogP contribution in [0.15, 0.2) is 41.5 Å². The van der Waals surface area contributed by atoms with Gasteiger partial charge in [0.1, 0.15) is 18.0 Å². The van der Waals surface area contributed by atoms with Crippen molar-refractivity contribution in [2.45, 2.75) is 6.54 Å². The van der Waals surface area contributed by atoms with E-state index in [0.29, 0.717) is 37.0 Å². The fraction of sp³-hybridized carbons (Fsp3) is 0.333. The zero-order valence-electron chi connectivity index (χ0n) is 16.6. The molecule has 1 aromatic carbocycles. The summed E-state index contributed by atoms with van der Waals surface area (Å²) in [4.78, 5) is 39.1. The van der Waals surface area contributed by atoms with Gasteiger partial charge in [-0.15, -0.1) is 0 Å². The molecule has 154 valence electrons. The highest BCUT2D eigenvalue weighted by Gasteiger charge is 2.41. The van der Waals surface area contributed by atoms with Crippen LogP contribution in [0.3, 0.4) is 0 Å². The van der Waals surface area contributed by atoms with Crippen LogP contribution in [0.25, 0.3) is 0 Å². The van der Waals surface area contributed by atoms with Crippen LogP contribution in [0.4, 0.5) is 16.2 Å². The number of hydrogen-bond donors (Lipinski definition) is 0. The lowest BCUT2D eigenvalue weighted by Gasteiger charge is -2.36. The van der Waals surface area contributed by atoms with Gasteiger partial charge in [0, 0.05) is 13.1 Å². The number of benzene rings is 1. The quantitative estimate of drug-likeness (QED) is 0.766. The van der Waals surface area contributed by atoms with Crippen LogP contribution in [0, 0.1) is 0 Å². The molecule has 0 spiro atoms. The Bertz CT molecular complexity index is 1030. The van der Waals surface area contributed by atoms with Crippen molar-refractivity contribution in [1.29, 1.82) is 0 Å². The van der Waals surface area contributed by atoms with Crippen LogP contribution in [0.1, 0.15) is 11.3 Å². The first-order valence-electron chi connectivity index (χ1n) is 9.80. The Morgan fingerprint density at radius 2 is 1.90 bits per heavy atom. The summed E-state index contributed by atoms with van der Waals surface area (Å²) >= 11 is 0. The SMILES string of the molecule is COc1ccc(CN2C(=O)N3CC(=O)N=C3c3ncc(N4CCOCC4)cc32)cc1. The third-order valence-corrected chi connectivity index (χ3v) is 5.47. The molecule has 9 nitrogen and oxygen atoms in total. The van der Waals surface area contributed by atoms with E-state index in [1.54, 1.807) is 18.2 Å². The number of aliphatic imine (C=N–C) groups is 1. The van der Waals surface area contributed by atoms with Gasteiger partial charge in [0.15, 0.2) is 5.84 Å². The predicted octanol–water partition coefficient (Wildman–Crippen LogP) is 1.66. The number of amides is 3. The highest BCUT2D eigenvalue weighted by Crippen LogP contribution is 2.34. The lowest BCUT2D eigenvalue weighted by Crippen LogP contribution is -2.50. The predicted molar refractivity (Wildman–Crippen MR) is 110 cm³/mol. The van der Waals surface area contributed by atoms with Crippen molar-refractivity contribution >= 4 is 29.1 Å². The average Bonchev–Trinajstić information content (AvgIpc) is 3.19. The third kappa shape index (κ3) is 3.17. The van der Waals surface area contributed by atoms with Crippen molar-refractivity contribution in [2.24, 2.45) is 4.99 Å².